The lowest BCUT2D eigenvalue weighted by molar-refractivity contribution is 0.412. The molecule has 0 unspecified atom stereocenters. The van der Waals surface area contributed by atoms with Crippen LogP contribution in [0.2, 0.25) is 0 Å². The van der Waals surface area contributed by atoms with Crippen molar-refractivity contribution in [1.82, 2.24) is 4.98 Å². The van der Waals surface area contributed by atoms with E-state index in [-0.39, 0.29) is 0 Å². The Bertz CT molecular complexity index is 570. The highest BCUT2D eigenvalue weighted by Gasteiger charge is 2.00. The van der Waals surface area contributed by atoms with Crippen LogP contribution in [0.15, 0.2) is 28.7 Å². The summed E-state index contributed by atoms with van der Waals surface area (Å²) in [4.78, 5) is 4.04. The van der Waals surface area contributed by atoms with Gasteiger partial charge < -0.3 is 10.5 Å². The molecule has 0 amide bonds. The maximum Gasteiger partial charge on any atom is 0.205 e. The largest absolute Gasteiger partial charge is 0.496 e. The Hall–Kier alpha value is -1.35. The number of nitrogens with two attached hydrogens (primary N) is 1. The van der Waals surface area contributed by atoms with Gasteiger partial charge in [0, 0.05) is 5.38 Å². The molecule has 5 nitrogen and oxygen atoms in total. The van der Waals surface area contributed by atoms with Crippen LogP contribution in [-0.2, 0) is 0 Å². The minimum atomic E-state index is 0.494. The highest BCUT2D eigenvalue weighted by Crippen LogP contribution is 2.21. The maximum atomic E-state index is 5.51. The lowest BCUT2D eigenvalue weighted by Crippen LogP contribution is -1.93. The van der Waals surface area contributed by atoms with E-state index in [4.69, 9.17) is 10.5 Å². The van der Waals surface area contributed by atoms with Gasteiger partial charge in [0.15, 0.2) is 0 Å². The van der Waals surface area contributed by atoms with Crippen LogP contribution in [0.25, 0.3) is 0 Å². The third kappa shape index (κ3) is 3.33. The molecule has 0 spiro atoms. The van der Waals surface area contributed by atoms with Gasteiger partial charge >= 0.3 is 0 Å². The first-order valence-electron chi connectivity index (χ1n) is 5.02. The molecule has 18 heavy (non-hydrogen) atoms. The number of anilines is 2. The van der Waals surface area contributed by atoms with E-state index in [1.54, 1.807) is 18.7 Å². The number of aromatic nitrogens is 1. The average Bonchev–Trinajstić information content (AvgIpc) is 2.77. The molecule has 0 saturated heterocycles. The van der Waals surface area contributed by atoms with E-state index in [1.165, 1.54) is 11.3 Å². The van der Waals surface area contributed by atoms with Crippen molar-refractivity contribution in [3.63, 3.8) is 0 Å². The maximum absolute atomic E-state index is 5.51. The lowest BCUT2D eigenvalue weighted by atomic mass is 10.2. The number of hydrogen-bond donors (Lipinski definition) is 2. The zero-order chi connectivity index (χ0) is 13.0. The van der Waals surface area contributed by atoms with Gasteiger partial charge in [0.1, 0.15) is 11.6 Å². The number of halogens is 1. The monoisotopic (exact) mass is 374 g/mol. The van der Waals surface area contributed by atoms with Crippen molar-refractivity contribution in [2.24, 2.45) is 5.10 Å². The molecule has 3 N–H and O–H groups in total. The van der Waals surface area contributed by atoms with Crippen LogP contribution in [0.4, 0.5) is 10.9 Å². The number of nitrogens with one attached hydrogen (secondary N) is 1. The molecule has 2 rings (SSSR count). The van der Waals surface area contributed by atoms with Crippen molar-refractivity contribution in [1.29, 1.82) is 0 Å². The standard InChI is InChI=1S/C11H11IN4OS/c1-17-9-4-7(2-3-8(9)12)5-14-16-11-15-10(13)6-18-11/h2-6H,13H2,1H3,(H,15,16). The second-order valence-corrected chi connectivity index (χ2v) is 5.36. The van der Waals surface area contributed by atoms with Crippen LogP contribution in [0.5, 0.6) is 5.75 Å². The Balaban J connectivity index is 2.04. The van der Waals surface area contributed by atoms with E-state index >= 15 is 0 Å². The fourth-order valence-electron chi connectivity index (χ4n) is 1.26. The number of hydrogen-bond acceptors (Lipinski definition) is 6. The number of nitrogen functional groups attached to an aromatic ring is 1. The first-order chi connectivity index (χ1) is 8.69. The second-order valence-electron chi connectivity index (χ2n) is 3.34. The topological polar surface area (TPSA) is 72.5 Å². The molecule has 1 heterocycles. The van der Waals surface area contributed by atoms with E-state index in [2.05, 4.69) is 38.1 Å². The molecule has 94 valence electrons. The number of thiazole rings is 1. The Labute approximate surface area is 122 Å². The van der Waals surface area contributed by atoms with Crippen LogP contribution in [-0.4, -0.2) is 18.3 Å². The Morgan fingerprint density at radius 2 is 2.39 bits per heavy atom. The molecule has 0 fully saturated rings. The minimum Gasteiger partial charge on any atom is -0.496 e. The van der Waals surface area contributed by atoms with E-state index < -0.39 is 0 Å². The normalized spacial score (nSPS) is 10.8. The number of nitrogens with zero attached hydrogens (tertiary/aromatic N) is 2. The summed E-state index contributed by atoms with van der Waals surface area (Å²) >= 11 is 3.63. The predicted octanol–water partition coefficient (Wildman–Crippen LogP) is 2.78. The summed E-state index contributed by atoms with van der Waals surface area (Å²) in [5.74, 6) is 1.33. The van der Waals surface area contributed by atoms with Crippen LogP contribution in [0, 0.1) is 3.57 Å². The molecule has 7 heteroatoms. The van der Waals surface area contributed by atoms with Crippen molar-refractivity contribution in [3.8, 4) is 5.75 Å². The number of hydrazone groups is 1. The van der Waals surface area contributed by atoms with Crippen molar-refractivity contribution in [2.75, 3.05) is 18.3 Å². The summed E-state index contributed by atoms with van der Waals surface area (Å²) in [6.07, 6.45) is 1.70. The molecule has 0 aliphatic carbocycles. The zero-order valence-corrected chi connectivity index (χ0v) is 12.5. The second kappa shape index (κ2) is 6.01. The van der Waals surface area contributed by atoms with Gasteiger partial charge in [-0.25, -0.2) is 4.98 Å². The Morgan fingerprint density at radius 1 is 1.56 bits per heavy atom. The van der Waals surface area contributed by atoms with Crippen molar-refractivity contribution in [3.05, 3.63) is 32.7 Å². The number of benzene rings is 1. The van der Waals surface area contributed by atoms with E-state index in [9.17, 15) is 0 Å². The van der Waals surface area contributed by atoms with Gasteiger partial charge in [-0.1, -0.05) is 6.07 Å². The third-order valence-electron chi connectivity index (χ3n) is 2.07. The molecular weight excluding hydrogens is 363 g/mol. The quantitative estimate of drug-likeness (QED) is 0.491. The molecule has 0 radical (unpaired) electrons. The summed E-state index contributed by atoms with van der Waals surface area (Å²) in [6.45, 7) is 0. The van der Waals surface area contributed by atoms with E-state index in [0.29, 0.717) is 10.9 Å². The summed E-state index contributed by atoms with van der Waals surface area (Å²) < 4.78 is 6.30. The van der Waals surface area contributed by atoms with Gasteiger partial charge in [0.2, 0.25) is 5.13 Å². The molecule has 1 aromatic carbocycles. The zero-order valence-electron chi connectivity index (χ0n) is 9.55. The molecule has 0 saturated carbocycles. The number of methoxy groups -OCH3 is 1. The molecule has 2 aromatic rings. The lowest BCUT2D eigenvalue weighted by Gasteiger charge is -2.03. The van der Waals surface area contributed by atoms with Crippen molar-refractivity contribution >= 4 is 51.1 Å². The van der Waals surface area contributed by atoms with Crippen LogP contribution in [0.1, 0.15) is 5.56 Å². The van der Waals surface area contributed by atoms with Crippen LogP contribution in [0.3, 0.4) is 0 Å². The van der Waals surface area contributed by atoms with Gasteiger partial charge in [-0.3, -0.25) is 5.43 Å². The van der Waals surface area contributed by atoms with Gasteiger partial charge in [-0.05, 0) is 40.3 Å². The average molecular weight is 374 g/mol. The van der Waals surface area contributed by atoms with E-state index in [0.717, 1.165) is 14.9 Å². The van der Waals surface area contributed by atoms with Gasteiger partial charge in [0.25, 0.3) is 0 Å². The molecule has 1 aromatic heterocycles. The van der Waals surface area contributed by atoms with Crippen molar-refractivity contribution < 1.29 is 4.74 Å². The molecule has 0 aliphatic heterocycles. The van der Waals surface area contributed by atoms with Gasteiger partial charge in [0.05, 0.1) is 16.9 Å². The highest BCUT2D eigenvalue weighted by molar-refractivity contribution is 14.1. The van der Waals surface area contributed by atoms with E-state index in [1.807, 2.05) is 18.2 Å². The fraction of sp³-hybridized carbons (Fsp3) is 0.0909. The Kier molecular flexibility index (Phi) is 4.37. The van der Waals surface area contributed by atoms with Crippen molar-refractivity contribution in [2.45, 2.75) is 0 Å². The first-order valence-corrected chi connectivity index (χ1v) is 6.98. The number of rotatable bonds is 4. The highest BCUT2D eigenvalue weighted by atomic mass is 127. The van der Waals surface area contributed by atoms with Crippen LogP contribution >= 0.6 is 33.9 Å². The first kappa shape index (κ1) is 13.1. The summed E-state index contributed by atoms with van der Waals surface area (Å²) in [5.41, 5.74) is 9.27. The summed E-state index contributed by atoms with van der Waals surface area (Å²) in [7, 11) is 1.65. The minimum absolute atomic E-state index is 0.494. The molecule has 0 atom stereocenters. The SMILES string of the molecule is COc1cc(C=NNc2nc(N)cs2)ccc1I. The number of ether oxygens (including phenoxy) is 1. The molecule has 0 bridgehead atoms. The van der Waals surface area contributed by atoms with Crippen LogP contribution < -0.4 is 15.9 Å². The fourth-order valence-corrected chi connectivity index (χ4v) is 2.36. The van der Waals surface area contributed by atoms with Gasteiger partial charge in [-0.15, -0.1) is 11.3 Å². The predicted molar refractivity (Wildman–Crippen MR) is 83.5 cm³/mol. The molecule has 0 aliphatic rings. The molecular formula is C11H11IN4OS. The summed E-state index contributed by atoms with van der Waals surface area (Å²) in [6, 6.07) is 5.86. The summed E-state index contributed by atoms with van der Waals surface area (Å²) in [5, 5.41) is 6.51. The third-order valence-corrected chi connectivity index (χ3v) is 3.73. The smallest absolute Gasteiger partial charge is 0.205 e. The van der Waals surface area contributed by atoms with Gasteiger partial charge in [-0.2, -0.15) is 5.10 Å². The Morgan fingerprint density at radius 3 is 3.06 bits per heavy atom.